The van der Waals surface area contributed by atoms with Crippen molar-refractivity contribution in [2.24, 2.45) is 5.92 Å². The molecule has 1 aromatic carbocycles. The van der Waals surface area contributed by atoms with Crippen LogP contribution in [-0.4, -0.2) is 48.5 Å². The van der Waals surface area contributed by atoms with Crippen LogP contribution < -0.4 is 10.1 Å². The Morgan fingerprint density at radius 2 is 2.00 bits per heavy atom. The molecule has 1 aliphatic rings. The zero-order chi connectivity index (χ0) is 17.4. The maximum absolute atomic E-state index is 11.8. The number of nitrogens with zero attached hydrogens (tertiary/aromatic N) is 2. The lowest BCUT2D eigenvalue weighted by Gasteiger charge is -2.31. The van der Waals surface area contributed by atoms with E-state index in [0.717, 1.165) is 38.9 Å². The van der Waals surface area contributed by atoms with E-state index in [-0.39, 0.29) is 17.5 Å². The Bertz CT molecular complexity index is 539. The predicted molar refractivity (Wildman–Crippen MR) is 91.1 cm³/mol. The zero-order valence-corrected chi connectivity index (χ0v) is 14.1. The molecule has 1 heterocycles. The fraction of sp³-hybridized carbons (Fsp3) is 0.588. The first-order valence-electron chi connectivity index (χ1n) is 8.47. The molecular weight excluding hydrogens is 310 g/mol. The molecule has 1 saturated heterocycles. The Balaban J connectivity index is 1.61. The minimum Gasteiger partial charge on any atom is -0.494 e. The van der Waals surface area contributed by atoms with Gasteiger partial charge in [0.05, 0.1) is 11.5 Å². The van der Waals surface area contributed by atoms with E-state index in [4.69, 9.17) is 4.74 Å². The van der Waals surface area contributed by atoms with E-state index in [2.05, 4.69) is 10.2 Å². The Morgan fingerprint density at radius 1 is 1.33 bits per heavy atom. The number of amides is 1. The molecule has 132 valence electrons. The average Bonchev–Trinajstić information content (AvgIpc) is 2.60. The number of ether oxygens (including phenoxy) is 1. The Labute approximate surface area is 142 Å². The van der Waals surface area contributed by atoms with Gasteiger partial charge in [0, 0.05) is 31.1 Å². The van der Waals surface area contributed by atoms with Gasteiger partial charge in [-0.2, -0.15) is 0 Å². The molecule has 1 aliphatic heterocycles. The molecule has 0 aromatic heterocycles. The summed E-state index contributed by atoms with van der Waals surface area (Å²) in [4.78, 5) is 24.3. The summed E-state index contributed by atoms with van der Waals surface area (Å²) in [5, 5.41) is 13.5. The van der Waals surface area contributed by atoms with Crippen molar-refractivity contribution < 1.29 is 14.5 Å². The fourth-order valence-corrected chi connectivity index (χ4v) is 2.88. The third-order valence-electron chi connectivity index (χ3n) is 4.24. The molecule has 0 unspecified atom stereocenters. The molecule has 0 bridgehead atoms. The highest BCUT2D eigenvalue weighted by molar-refractivity contribution is 5.78. The summed E-state index contributed by atoms with van der Waals surface area (Å²) in [6, 6.07) is 6.13. The van der Waals surface area contributed by atoms with Gasteiger partial charge in [-0.1, -0.05) is 0 Å². The summed E-state index contributed by atoms with van der Waals surface area (Å²) in [6.45, 7) is 6.04. The van der Waals surface area contributed by atoms with Crippen LogP contribution in [0.2, 0.25) is 0 Å². The first-order valence-corrected chi connectivity index (χ1v) is 8.47. The lowest BCUT2D eigenvalue weighted by atomic mass is 9.96. The van der Waals surface area contributed by atoms with Gasteiger partial charge in [-0.3, -0.25) is 14.9 Å². The number of nitro benzene ring substituents is 1. The lowest BCUT2D eigenvalue weighted by molar-refractivity contribution is -0.384. The second-order valence-electron chi connectivity index (χ2n) is 5.96. The third-order valence-corrected chi connectivity index (χ3v) is 4.24. The predicted octanol–water partition coefficient (Wildman–Crippen LogP) is 2.21. The molecule has 1 amide bonds. The van der Waals surface area contributed by atoms with E-state index in [1.165, 1.54) is 12.1 Å². The number of rotatable bonds is 8. The van der Waals surface area contributed by atoms with Gasteiger partial charge in [0.2, 0.25) is 5.91 Å². The van der Waals surface area contributed by atoms with E-state index in [1.807, 2.05) is 6.92 Å². The van der Waals surface area contributed by atoms with E-state index in [0.29, 0.717) is 18.9 Å². The number of likely N-dealkylation sites (tertiary alicyclic amines) is 1. The highest BCUT2D eigenvalue weighted by atomic mass is 16.6. The normalized spacial score (nSPS) is 15.9. The van der Waals surface area contributed by atoms with E-state index in [9.17, 15) is 14.9 Å². The molecule has 1 N–H and O–H groups in total. The standard InChI is InChI=1S/C17H25N3O4/c1-2-18-17(21)14-8-11-19(12-9-14)10-3-13-24-16-6-4-15(5-7-16)20(22)23/h4-7,14H,2-3,8-13H2,1H3,(H,18,21). The van der Waals surface area contributed by atoms with Gasteiger partial charge in [-0.15, -0.1) is 0 Å². The summed E-state index contributed by atoms with van der Waals surface area (Å²) in [6.07, 6.45) is 2.72. The molecule has 7 nitrogen and oxygen atoms in total. The lowest BCUT2D eigenvalue weighted by Crippen LogP contribution is -2.41. The Morgan fingerprint density at radius 3 is 2.58 bits per heavy atom. The van der Waals surface area contributed by atoms with Gasteiger partial charge in [0.15, 0.2) is 0 Å². The maximum Gasteiger partial charge on any atom is 0.269 e. The number of benzene rings is 1. The van der Waals surface area contributed by atoms with Gasteiger partial charge in [-0.25, -0.2) is 0 Å². The molecule has 0 atom stereocenters. The molecule has 0 radical (unpaired) electrons. The summed E-state index contributed by atoms with van der Waals surface area (Å²) >= 11 is 0. The number of piperidine rings is 1. The van der Waals surface area contributed by atoms with Crippen molar-refractivity contribution in [1.29, 1.82) is 0 Å². The van der Waals surface area contributed by atoms with E-state index >= 15 is 0 Å². The first kappa shape index (κ1) is 18.2. The highest BCUT2D eigenvalue weighted by Gasteiger charge is 2.24. The van der Waals surface area contributed by atoms with Crippen LogP contribution >= 0.6 is 0 Å². The number of non-ortho nitro benzene ring substituents is 1. The fourth-order valence-electron chi connectivity index (χ4n) is 2.88. The minimum atomic E-state index is -0.422. The van der Waals surface area contributed by atoms with Crippen LogP contribution in [0.25, 0.3) is 0 Å². The summed E-state index contributed by atoms with van der Waals surface area (Å²) in [7, 11) is 0. The summed E-state index contributed by atoms with van der Waals surface area (Å²) in [5.74, 6) is 0.978. The number of carbonyl (C=O) groups excluding carboxylic acids is 1. The van der Waals surface area contributed by atoms with Crippen LogP contribution in [0.4, 0.5) is 5.69 Å². The molecule has 1 aromatic rings. The van der Waals surface area contributed by atoms with Crippen molar-refractivity contribution in [2.45, 2.75) is 26.2 Å². The van der Waals surface area contributed by atoms with E-state index in [1.54, 1.807) is 12.1 Å². The van der Waals surface area contributed by atoms with Crippen molar-refractivity contribution in [3.8, 4) is 5.75 Å². The zero-order valence-electron chi connectivity index (χ0n) is 14.1. The van der Waals surface area contributed by atoms with Gasteiger partial charge in [0.25, 0.3) is 5.69 Å². The molecule has 24 heavy (non-hydrogen) atoms. The van der Waals surface area contributed by atoms with Crippen LogP contribution in [0.3, 0.4) is 0 Å². The minimum absolute atomic E-state index is 0.0670. The first-order chi connectivity index (χ1) is 11.6. The smallest absolute Gasteiger partial charge is 0.269 e. The maximum atomic E-state index is 11.8. The van der Waals surface area contributed by atoms with Crippen LogP contribution in [0.5, 0.6) is 5.75 Å². The number of hydrogen-bond acceptors (Lipinski definition) is 5. The van der Waals surface area contributed by atoms with Gasteiger partial charge >= 0.3 is 0 Å². The third kappa shape index (κ3) is 5.49. The Hall–Kier alpha value is -2.15. The number of nitro groups is 1. The average molecular weight is 335 g/mol. The second kappa shape index (κ2) is 9.22. The molecule has 0 saturated carbocycles. The van der Waals surface area contributed by atoms with Crippen molar-refractivity contribution in [1.82, 2.24) is 10.2 Å². The van der Waals surface area contributed by atoms with Crippen LogP contribution in [0.15, 0.2) is 24.3 Å². The highest BCUT2D eigenvalue weighted by Crippen LogP contribution is 2.19. The topological polar surface area (TPSA) is 84.7 Å². The van der Waals surface area contributed by atoms with Crippen molar-refractivity contribution in [3.05, 3.63) is 34.4 Å². The Kier molecular flexibility index (Phi) is 6.99. The molecule has 0 aliphatic carbocycles. The molecule has 1 fully saturated rings. The van der Waals surface area contributed by atoms with Crippen molar-refractivity contribution >= 4 is 11.6 Å². The SMILES string of the molecule is CCNC(=O)C1CCN(CCCOc2ccc([N+](=O)[O-])cc2)CC1. The largest absolute Gasteiger partial charge is 0.494 e. The van der Waals surface area contributed by atoms with Gasteiger partial charge in [0.1, 0.15) is 5.75 Å². The quantitative estimate of drug-likeness (QED) is 0.447. The molecule has 2 rings (SSSR count). The van der Waals surface area contributed by atoms with Crippen molar-refractivity contribution in [3.63, 3.8) is 0 Å². The monoisotopic (exact) mass is 335 g/mol. The van der Waals surface area contributed by atoms with Gasteiger partial charge < -0.3 is 15.0 Å². The van der Waals surface area contributed by atoms with Crippen LogP contribution in [0.1, 0.15) is 26.2 Å². The number of nitrogens with one attached hydrogen (secondary N) is 1. The van der Waals surface area contributed by atoms with E-state index < -0.39 is 4.92 Å². The molecule has 7 heteroatoms. The number of hydrogen-bond donors (Lipinski definition) is 1. The number of carbonyl (C=O) groups is 1. The summed E-state index contributed by atoms with van der Waals surface area (Å²) in [5.41, 5.74) is 0.0670. The van der Waals surface area contributed by atoms with Crippen molar-refractivity contribution in [2.75, 3.05) is 32.8 Å². The van der Waals surface area contributed by atoms with Crippen LogP contribution in [0, 0.1) is 16.0 Å². The second-order valence-corrected chi connectivity index (χ2v) is 5.96. The van der Waals surface area contributed by atoms with Gasteiger partial charge in [-0.05, 0) is 51.4 Å². The van der Waals surface area contributed by atoms with Crippen LogP contribution in [-0.2, 0) is 4.79 Å². The molecule has 0 spiro atoms. The molecular formula is C17H25N3O4. The summed E-state index contributed by atoms with van der Waals surface area (Å²) < 4.78 is 5.61.